The van der Waals surface area contributed by atoms with Crippen molar-refractivity contribution in [1.82, 2.24) is 15.3 Å². The minimum absolute atomic E-state index is 0.0690. The zero-order valence-electron chi connectivity index (χ0n) is 22.8. The standard InChI is InChI=1S/C30H29ClFN5O5/c1-40-26-13-22-24(14-27(26)41-17-18-6-9-34-10-7-18)35-11-8-25(22)42-30-23(31)12-21(16-36-30)37(29(39)15-28(33)38)20-4-2-19(32)3-5-20/h2-5,8,11-14,16,18,34H,6-7,9-10,15,17H2,1H3,(H2,33,38). The maximum absolute atomic E-state index is 13.5. The molecule has 1 fully saturated rings. The largest absolute Gasteiger partial charge is 0.493 e. The van der Waals surface area contributed by atoms with Gasteiger partial charge in [-0.05, 0) is 74.3 Å². The molecular weight excluding hydrogens is 565 g/mol. The van der Waals surface area contributed by atoms with Crippen LogP contribution in [0.3, 0.4) is 0 Å². The van der Waals surface area contributed by atoms with Gasteiger partial charge in [0.15, 0.2) is 11.5 Å². The number of nitrogens with zero attached hydrogens (tertiary/aromatic N) is 3. The smallest absolute Gasteiger partial charge is 0.241 e. The van der Waals surface area contributed by atoms with Crippen LogP contribution < -0.4 is 30.2 Å². The molecule has 42 heavy (non-hydrogen) atoms. The van der Waals surface area contributed by atoms with E-state index in [1.54, 1.807) is 25.4 Å². The lowest BCUT2D eigenvalue weighted by Gasteiger charge is -2.23. The Morgan fingerprint density at radius 3 is 2.50 bits per heavy atom. The maximum atomic E-state index is 13.5. The first-order valence-electron chi connectivity index (χ1n) is 13.3. The molecule has 0 aliphatic carbocycles. The molecular formula is C30H29ClFN5O5. The first kappa shape index (κ1) is 29.0. The number of carbonyl (C=O) groups is 2. The quantitative estimate of drug-likeness (QED) is 0.242. The van der Waals surface area contributed by atoms with Gasteiger partial charge in [-0.15, -0.1) is 0 Å². The summed E-state index contributed by atoms with van der Waals surface area (Å²) >= 11 is 6.55. The van der Waals surface area contributed by atoms with Gasteiger partial charge in [0, 0.05) is 23.3 Å². The Kier molecular flexibility index (Phi) is 8.99. The normalized spacial score (nSPS) is 13.5. The predicted octanol–water partition coefficient (Wildman–Crippen LogP) is 5.14. The van der Waals surface area contributed by atoms with E-state index in [0.29, 0.717) is 46.4 Å². The molecule has 4 aromatic rings. The van der Waals surface area contributed by atoms with Crippen molar-refractivity contribution in [2.75, 3.05) is 31.7 Å². The van der Waals surface area contributed by atoms with E-state index in [4.69, 9.17) is 31.5 Å². The van der Waals surface area contributed by atoms with Crippen LogP contribution >= 0.6 is 11.6 Å². The highest BCUT2D eigenvalue weighted by Crippen LogP contribution is 2.39. The van der Waals surface area contributed by atoms with Gasteiger partial charge in [-0.3, -0.25) is 19.5 Å². The second-order valence-electron chi connectivity index (χ2n) is 9.76. The number of amides is 2. The Labute approximate surface area is 246 Å². The van der Waals surface area contributed by atoms with Crippen LogP contribution in [0.5, 0.6) is 23.1 Å². The molecule has 0 radical (unpaired) electrons. The molecule has 3 N–H and O–H groups in total. The molecule has 5 rings (SSSR count). The number of primary amides is 1. The van der Waals surface area contributed by atoms with Crippen molar-refractivity contribution < 1.29 is 28.2 Å². The number of pyridine rings is 2. The highest BCUT2D eigenvalue weighted by Gasteiger charge is 2.23. The zero-order valence-corrected chi connectivity index (χ0v) is 23.6. The lowest BCUT2D eigenvalue weighted by Crippen LogP contribution is -2.30. The summed E-state index contributed by atoms with van der Waals surface area (Å²) in [4.78, 5) is 34.3. The van der Waals surface area contributed by atoms with Gasteiger partial charge < -0.3 is 25.3 Å². The van der Waals surface area contributed by atoms with Gasteiger partial charge in [0.05, 0.1) is 31.1 Å². The van der Waals surface area contributed by atoms with Gasteiger partial charge in [-0.2, -0.15) is 0 Å². The third-order valence-electron chi connectivity index (χ3n) is 6.84. The number of hydrogen-bond donors (Lipinski definition) is 2. The van der Waals surface area contributed by atoms with Crippen LogP contribution in [0.15, 0.2) is 60.9 Å². The van der Waals surface area contributed by atoms with Crippen LogP contribution in [0, 0.1) is 11.7 Å². The van der Waals surface area contributed by atoms with Gasteiger partial charge in [0.2, 0.25) is 17.7 Å². The van der Waals surface area contributed by atoms with Crippen molar-refractivity contribution in [2.45, 2.75) is 19.3 Å². The lowest BCUT2D eigenvalue weighted by atomic mass is 9.99. The fourth-order valence-corrected chi connectivity index (χ4v) is 4.92. The Morgan fingerprint density at radius 1 is 1.05 bits per heavy atom. The molecule has 12 heteroatoms. The average molecular weight is 594 g/mol. The first-order chi connectivity index (χ1) is 20.3. The number of rotatable bonds is 10. The van der Waals surface area contributed by atoms with Crippen LogP contribution in [-0.2, 0) is 9.59 Å². The molecule has 0 atom stereocenters. The summed E-state index contributed by atoms with van der Waals surface area (Å²) in [5, 5.41) is 4.09. The number of halogens is 2. The number of methoxy groups -OCH3 is 1. The number of ether oxygens (including phenoxy) is 3. The summed E-state index contributed by atoms with van der Waals surface area (Å²) in [7, 11) is 1.57. The molecule has 218 valence electrons. The van der Waals surface area contributed by atoms with E-state index in [2.05, 4.69) is 15.3 Å². The highest BCUT2D eigenvalue weighted by molar-refractivity contribution is 6.32. The molecule has 0 saturated carbocycles. The van der Waals surface area contributed by atoms with E-state index in [0.717, 1.165) is 25.9 Å². The van der Waals surface area contributed by atoms with Gasteiger partial charge in [-0.1, -0.05) is 11.6 Å². The summed E-state index contributed by atoms with van der Waals surface area (Å²) < 4.78 is 31.4. The van der Waals surface area contributed by atoms with E-state index in [-0.39, 0.29) is 16.6 Å². The number of anilines is 2. The zero-order chi connectivity index (χ0) is 29.6. The Hall–Kier alpha value is -4.48. The second-order valence-corrected chi connectivity index (χ2v) is 10.2. The van der Waals surface area contributed by atoms with Crippen LogP contribution in [0.2, 0.25) is 5.02 Å². The van der Waals surface area contributed by atoms with Crippen LogP contribution in [0.4, 0.5) is 15.8 Å². The molecule has 2 aromatic carbocycles. The number of hydrogen-bond acceptors (Lipinski definition) is 8. The fraction of sp³-hybridized carbons (Fsp3) is 0.267. The number of benzene rings is 2. The highest BCUT2D eigenvalue weighted by atomic mass is 35.5. The summed E-state index contributed by atoms with van der Waals surface area (Å²) in [6, 6.07) is 11.9. The van der Waals surface area contributed by atoms with Crippen molar-refractivity contribution in [2.24, 2.45) is 11.7 Å². The van der Waals surface area contributed by atoms with Gasteiger partial charge in [0.25, 0.3) is 0 Å². The van der Waals surface area contributed by atoms with E-state index >= 15 is 0 Å². The van der Waals surface area contributed by atoms with Crippen molar-refractivity contribution in [3.05, 3.63) is 71.8 Å². The number of piperidine rings is 1. The van der Waals surface area contributed by atoms with Crippen LogP contribution in [0.25, 0.3) is 10.9 Å². The van der Waals surface area contributed by atoms with Crippen LogP contribution in [0.1, 0.15) is 19.3 Å². The molecule has 0 bridgehead atoms. The molecule has 1 aliphatic heterocycles. The first-order valence-corrected chi connectivity index (χ1v) is 13.7. The summed E-state index contributed by atoms with van der Waals surface area (Å²) in [5.41, 5.74) is 6.41. The molecule has 0 unspecified atom stereocenters. The van der Waals surface area contributed by atoms with Crippen molar-refractivity contribution >= 4 is 45.7 Å². The van der Waals surface area contributed by atoms with Gasteiger partial charge in [0.1, 0.15) is 23.0 Å². The molecule has 0 spiro atoms. The third-order valence-corrected chi connectivity index (χ3v) is 7.11. The van der Waals surface area contributed by atoms with Crippen molar-refractivity contribution in [3.63, 3.8) is 0 Å². The minimum atomic E-state index is -0.814. The van der Waals surface area contributed by atoms with E-state index < -0.39 is 24.1 Å². The topological polar surface area (TPSA) is 129 Å². The summed E-state index contributed by atoms with van der Waals surface area (Å²) in [6.45, 7) is 2.55. The third kappa shape index (κ3) is 6.69. The molecule has 1 saturated heterocycles. The van der Waals surface area contributed by atoms with E-state index in [1.165, 1.54) is 41.4 Å². The maximum Gasteiger partial charge on any atom is 0.241 e. The monoisotopic (exact) mass is 593 g/mol. The Bertz CT molecular complexity index is 1600. The average Bonchev–Trinajstić information content (AvgIpc) is 2.98. The second kappa shape index (κ2) is 13.0. The lowest BCUT2D eigenvalue weighted by molar-refractivity contribution is -0.125. The summed E-state index contributed by atoms with van der Waals surface area (Å²) in [5.74, 6) is 0.155. The molecule has 1 aliphatic rings. The fourth-order valence-electron chi connectivity index (χ4n) is 4.72. The predicted molar refractivity (Wildman–Crippen MR) is 156 cm³/mol. The minimum Gasteiger partial charge on any atom is -0.493 e. The molecule has 3 heterocycles. The number of nitrogens with two attached hydrogens (primary N) is 1. The Morgan fingerprint density at radius 2 is 1.81 bits per heavy atom. The van der Waals surface area contributed by atoms with Gasteiger partial charge >= 0.3 is 0 Å². The van der Waals surface area contributed by atoms with Crippen molar-refractivity contribution in [1.29, 1.82) is 0 Å². The van der Waals surface area contributed by atoms with Gasteiger partial charge in [-0.25, -0.2) is 9.37 Å². The Balaban J connectivity index is 1.41. The molecule has 2 amide bonds. The number of nitrogens with one attached hydrogen (secondary N) is 1. The van der Waals surface area contributed by atoms with E-state index in [9.17, 15) is 14.0 Å². The van der Waals surface area contributed by atoms with Crippen LogP contribution in [-0.4, -0.2) is 48.6 Å². The van der Waals surface area contributed by atoms with Crippen molar-refractivity contribution in [3.8, 4) is 23.1 Å². The number of fused-ring (bicyclic) bond motifs is 1. The number of aromatic nitrogens is 2. The van der Waals surface area contributed by atoms with E-state index in [1.807, 2.05) is 6.07 Å². The number of carbonyl (C=O) groups excluding carboxylic acids is 2. The molecule has 2 aromatic heterocycles. The summed E-state index contributed by atoms with van der Waals surface area (Å²) in [6.07, 6.45) is 4.50. The SMILES string of the molecule is COc1cc2c(Oc3ncc(N(C(=O)CC(N)=O)c4ccc(F)cc4)cc3Cl)ccnc2cc1OCC1CCNCC1. The molecule has 10 nitrogen and oxygen atoms in total.